The summed E-state index contributed by atoms with van der Waals surface area (Å²) in [6.07, 6.45) is 0. The van der Waals surface area contributed by atoms with Crippen molar-refractivity contribution < 1.29 is 0 Å². The van der Waals surface area contributed by atoms with Gasteiger partial charge in [0, 0.05) is 16.7 Å². The van der Waals surface area contributed by atoms with Crippen LogP contribution in [-0.2, 0) is 0 Å². The van der Waals surface area contributed by atoms with Gasteiger partial charge in [-0.3, -0.25) is 0 Å². The molecule has 260 valence electrons. The number of rotatable bonds is 6. The van der Waals surface area contributed by atoms with Crippen molar-refractivity contribution in [3.63, 3.8) is 0 Å². The molecule has 3 nitrogen and oxygen atoms in total. The number of hydrogen-bond donors (Lipinski definition) is 0. The molecule has 11 rings (SSSR count). The zero-order valence-corrected chi connectivity index (χ0v) is 30.4. The molecule has 0 spiro atoms. The molecule has 0 amide bonds. The van der Waals surface area contributed by atoms with E-state index in [1.807, 2.05) is 60.7 Å². The number of nitrogens with zero attached hydrogens (tertiary/aromatic N) is 3. The molecule has 56 heavy (non-hydrogen) atoms. The van der Waals surface area contributed by atoms with Crippen LogP contribution in [-0.4, -0.2) is 15.0 Å². The SMILES string of the molecule is c1ccc(-c2nc(-c3ccccc3)nc(-c3cccc(-c4ccc5ccccc5c4-c4cccc(-c5ccc6c7c(cccc57)-c5ccccc5-6)c4)c3)n2)cc1. The normalized spacial score (nSPS) is 11.6. The standard InChI is InChI=1S/C53H33N3/c1-3-15-35(16-4-1)51-54-52(36-17-5-2-6-18-36)56-53(55-51)40-22-12-20-38(33-40)43-29-28-34-14-7-8-23-42(34)49(43)39-21-11-19-37(32-39)41-30-31-48-45-25-10-9-24-44(45)47-27-13-26-46(41)50(47)48/h1-33H. The minimum absolute atomic E-state index is 0.637. The van der Waals surface area contributed by atoms with Crippen molar-refractivity contribution in [2.24, 2.45) is 0 Å². The average Bonchev–Trinajstić information content (AvgIpc) is 3.61. The first-order chi connectivity index (χ1) is 27.8. The van der Waals surface area contributed by atoms with Crippen molar-refractivity contribution in [1.82, 2.24) is 15.0 Å². The Morgan fingerprint density at radius 2 is 0.696 bits per heavy atom. The zero-order chi connectivity index (χ0) is 37.0. The Morgan fingerprint density at radius 1 is 0.250 bits per heavy atom. The maximum atomic E-state index is 5.04. The van der Waals surface area contributed by atoms with Gasteiger partial charge >= 0.3 is 0 Å². The first-order valence-corrected chi connectivity index (χ1v) is 19.0. The van der Waals surface area contributed by atoms with Gasteiger partial charge in [-0.15, -0.1) is 0 Å². The monoisotopic (exact) mass is 711 g/mol. The first-order valence-electron chi connectivity index (χ1n) is 19.0. The average molecular weight is 712 g/mol. The molecule has 1 heterocycles. The Hall–Kier alpha value is -7.49. The van der Waals surface area contributed by atoms with Crippen LogP contribution in [0.1, 0.15) is 0 Å². The number of aromatic nitrogens is 3. The molecule has 1 aliphatic rings. The second-order valence-electron chi connectivity index (χ2n) is 14.3. The van der Waals surface area contributed by atoms with E-state index in [0.29, 0.717) is 17.5 Å². The lowest BCUT2D eigenvalue weighted by Crippen LogP contribution is -2.00. The van der Waals surface area contributed by atoms with E-state index in [4.69, 9.17) is 15.0 Å². The molecule has 0 bridgehead atoms. The second-order valence-corrected chi connectivity index (χ2v) is 14.3. The predicted octanol–water partition coefficient (Wildman–Crippen LogP) is 13.8. The molecule has 0 saturated heterocycles. The highest BCUT2D eigenvalue weighted by Crippen LogP contribution is 2.49. The molecule has 1 aliphatic carbocycles. The summed E-state index contributed by atoms with van der Waals surface area (Å²) in [5, 5.41) is 5.03. The highest BCUT2D eigenvalue weighted by molar-refractivity contribution is 6.18. The molecule has 10 aromatic rings. The van der Waals surface area contributed by atoms with E-state index in [1.54, 1.807) is 0 Å². The zero-order valence-electron chi connectivity index (χ0n) is 30.4. The molecule has 3 heteroatoms. The van der Waals surface area contributed by atoms with Crippen molar-refractivity contribution in [1.29, 1.82) is 0 Å². The Labute approximate surface area is 325 Å². The van der Waals surface area contributed by atoms with Crippen molar-refractivity contribution in [2.75, 3.05) is 0 Å². The van der Waals surface area contributed by atoms with E-state index < -0.39 is 0 Å². The molecule has 9 aromatic carbocycles. The maximum Gasteiger partial charge on any atom is 0.164 e. The topological polar surface area (TPSA) is 38.7 Å². The van der Waals surface area contributed by atoms with Crippen molar-refractivity contribution in [2.45, 2.75) is 0 Å². The molecule has 0 fully saturated rings. The lowest BCUT2D eigenvalue weighted by atomic mass is 9.87. The van der Waals surface area contributed by atoms with Crippen LogP contribution in [0.3, 0.4) is 0 Å². The van der Waals surface area contributed by atoms with Gasteiger partial charge in [0.1, 0.15) is 0 Å². The van der Waals surface area contributed by atoms with Crippen LogP contribution in [0.5, 0.6) is 0 Å². The van der Waals surface area contributed by atoms with Gasteiger partial charge in [-0.05, 0) is 89.3 Å². The third-order valence-corrected chi connectivity index (χ3v) is 11.1. The van der Waals surface area contributed by atoms with E-state index in [0.717, 1.165) is 27.8 Å². The summed E-state index contributed by atoms with van der Waals surface area (Å²) in [6.45, 7) is 0. The highest BCUT2D eigenvalue weighted by atomic mass is 15.0. The van der Waals surface area contributed by atoms with E-state index in [1.165, 1.54) is 66.1 Å². The third-order valence-electron chi connectivity index (χ3n) is 11.1. The highest BCUT2D eigenvalue weighted by Gasteiger charge is 2.23. The summed E-state index contributed by atoms with van der Waals surface area (Å²) in [5.74, 6) is 1.93. The maximum absolute atomic E-state index is 5.04. The largest absolute Gasteiger partial charge is 0.208 e. The van der Waals surface area contributed by atoms with E-state index >= 15 is 0 Å². The van der Waals surface area contributed by atoms with Gasteiger partial charge in [-0.25, -0.2) is 15.0 Å². The summed E-state index contributed by atoms with van der Waals surface area (Å²) in [6, 6.07) is 71.2. The Morgan fingerprint density at radius 3 is 1.41 bits per heavy atom. The van der Waals surface area contributed by atoms with Crippen LogP contribution in [0, 0.1) is 0 Å². The van der Waals surface area contributed by atoms with Gasteiger partial charge < -0.3 is 0 Å². The lowest BCUT2D eigenvalue weighted by Gasteiger charge is -2.17. The number of hydrogen-bond acceptors (Lipinski definition) is 3. The van der Waals surface area contributed by atoms with Crippen molar-refractivity contribution >= 4 is 21.5 Å². The van der Waals surface area contributed by atoms with E-state index in [-0.39, 0.29) is 0 Å². The molecule has 1 aromatic heterocycles. The van der Waals surface area contributed by atoms with Gasteiger partial charge in [-0.2, -0.15) is 0 Å². The van der Waals surface area contributed by atoms with Gasteiger partial charge in [0.15, 0.2) is 17.5 Å². The van der Waals surface area contributed by atoms with Gasteiger partial charge in [-0.1, -0.05) is 188 Å². The first kappa shape index (κ1) is 32.0. The summed E-state index contributed by atoms with van der Waals surface area (Å²) in [4.78, 5) is 15.0. The smallest absolute Gasteiger partial charge is 0.164 e. The minimum atomic E-state index is 0.637. The third kappa shape index (κ3) is 5.32. The Balaban J connectivity index is 1.07. The second kappa shape index (κ2) is 13.1. The molecule has 0 aliphatic heterocycles. The van der Waals surface area contributed by atoms with Crippen molar-refractivity contribution in [3.05, 3.63) is 200 Å². The molecule has 0 saturated carbocycles. The Kier molecular flexibility index (Phi) is 7.49. The van der Waals surface area contributed by atoms with E-state index in [2.05, 4.69) is 140 Å². The van der Waals surface area contributed by atoms with Crippen molar-refractivity contribution in [3.8, 4) is 89.8 Å². The van der Waals surface area contributed by atoms with Crippen LogP contribution in [0.25, 0.3) is 111 Å². The fraction of sp³-hybridized carbons (Fsp3) is 0. The van der Waals surface area contributed by atoms with Crippen LogP contribution < -0.4 is 0 Å². The van der Waals surface area contributed by atoms with Crippen LogP contribution in [0.2, 0.25) is 0 Å². The van der Waals surface area contributed by atoms with Crippen LogP contribution in [0.15, 0.2) is 200 Å². The summed E-state index contributed by atoms with van der Waals surface area (Å²) in [7, 11) is 0. The minimum Gasteiger partial charge on any atom is -0.208 e. The fourth-order valence-corrected chi connectivity index (χ4v) is 8.49. The lowest BCUT2D eigenvalue weighted by molar-refractivity contribution is 1.07. The van der Waals surface area contributed by atoms with Gasteiger partial charge in [0.25, 0.3) is 0 Å². The molecule has 0 radical (unpaired) electrons. The predicted molar refractivity (Wildman–Crippen MR) is 232 cm³/mol. The quantitative estimate of drug-likeness (QED) is 0.172. The number of fused-ring (bicyclic) bond motifs is 4. The Bertz CT molecular complexity index is 3040. The van der Waals surface area contributed by atoms with Gasteiger partial charge in [0.05, 0.1) is 0 Å². The molecular weight excluding hydrogens is 679 g/mol. The molecule has 0 N–H and O–H groups in total. The molecular formula is C53H33N3. The molecule has 0 atom stereocenters. The summed E-state index contributed by atoms with van der Waals surface area (Å²) in [5.41, 5.74) is 15.1. The van der Waals surface area contributed by atoms with Crippen LogP contribution >= 0.6 is 0 Å². The van der Waals surface area contributed by atoms with Gasteiger partial charge in [0.2, 0.25) is 0 Å². The number of benzene rings is 9. The van der Waals surface area contributed by atoms with E-state index in [9.17, 15) is 0 Å². The van der Waals surface area contributed by atoms with Crippen LogP contribution in [0.4, 0.5) is 0 Å². The molecule has 0 unspecified atom stereocenters. The summed E-state index contributed by atoms with van der Waals surface area (Å²) < 4.78 is 0. The summed E-state index contributed by atoms with van der Waals surface area (Å²) >= 11 is 0. The fourth-order valence-electron chi connectivity index (χ4n) is 8.49.